The summed E-state index contributed by atoms with van der Waals surface area (Å²) < 4.78 is 32.8. The fraction of sp³-hybridized carbons (Fsp3) is 0.579. The number of rotatable bonds is 6. The molecule has 3 heteroatoms. The Balaban J connectivity index is 1.77. The number of halogens is 2. The van der Waals surface area contributed by atoms with Crippen molar-refractivity contribution in [3.63, 3.8) is 0 Å². The lowest BCUT2D eigenvalue weighted by atomic mass is 9.80. The predicted molar refractivity (Wildman–Crippen MR) is 85.8 cm³/mol. The van der Waals surface area contributed by atoms with Gasteiger partial charge in [-0.2, -0.15) is 8.78 Å². The van der Waals surface area contributed by atoms with E-state index >= 15 is 0 Å². The lowest BCUT2D eigenvalue weighted by molar-refractivity contribution is -0.256. The molecule has 0 radical (unpaired) electrons. The molecule has 0 N–H and O–H groups in total. The van der Waals surface area contributed by atoms with Gasteiger partial charge in [0, 0.05) is 6.42 Å². The van der Waals surface area contributed by atoms with Gasteiger partial charge in [-0.15, -0.1) is 0 Å². The molecule has 0 spiro atoms. The Morgan fingerprint density at radius 1 is 1.14 bits per heavy atom. The van der Waals surface area contributed by atoms with Crippen molar-refractivity contribution < 1.29 is 13.5 Å². The van der Waals surface area contributed by atoms with Crippen molar-refractivity contribution in [2.75, 3.05) is 0 Å². The van der Waals surface area contributed by atoms with Crippen LogP contribution >= 0.6 is 0 Å². The second-order valence-electron chi connectivity index (χ2n) is 6.42. The van der Waals surface area contributed by atoms with Crippen molar-refractivity contribution in [1.82, 2.24) is 0 Å². The summed E-state index contributed by atoms with van der Waals surface area (Å²) >= 11 is 0. The highest BCUT2D eigenvalue weighted by atomic mass is 19.3. The number of alkyl halides is 2. The molecule has 1 aliphatic carbocycles. The van der Waals surface area contributed by atoms with Crippen molar-refractivity contribution >= 4 is 0 Å². The molecule has 1 nitrogen and oxygen atoms in total. The molecule has 1 fully saturated rings. The summed E-state index contributed by atoms with van der Waals surface area (Å²) in [5.41, 5.74) is 1.91. The van der Waals surface area contributed by atoms with E-state index in [4.69, 9.17) is 4.74 Å². The largest absolute Gasteiger partial charge is 0.356 e. The maximum atomic E-state index is 14.0. The van der Waals surface area contributed by atoms with Crippen LogP contribution in [0.5, 0.6) is 0 Å². The van der Waals surface area contributed by atoms with Crippen molar-refractivity contribution in [2.24, 2.45) is 11.8 Å². The number of hydrogen-bond donors (Lipinski definition) is 0. The highest BCUT2D eigenvalue weighted by molar-refractivity contribution is 5.20. The standard InChI is InChI=1S/C19H26F2O/c1-3-4-16-9-11-17(12-10-16)13-19(20,21)22-14-18-7-5-15(2)6-8-18/h3-8,16-17H,9-14H2,1-2H3/b4-3+/t16-,17-. The van der Waals surface area contributed by atoms with Crippen LogP contribution in [0.25, 0.3) is 0 Å². The number of hydrogen-bond acceptors (Lipinski definition) is 1. The third-order valence-electron chi connectivity index (χ3n) is 4.45. The second-order valence-corrected chi connectivity index (χ2v) is 6.42. The summed E-state index contributed by atoms with van der Waals surface area (Å²) in [7, 11) is 0. The number of aryl methyl sites for hydroxylation is 1. The Labute approximate surface area is 132 Å². The summed E-state index contributed by atoms with van der Waals surface area (Å²) in [4.78, 5) is 0. The van der Waals surface area contributed by atoms with Crippen molar-refractivity contribution in [1.29, 1.82) is 0 Å². The lowest BCUT2D eigenvalue weighted by Crippen LogP contribution is -2.26. The predicted octanol–water partition coefficient (Wildman–Crippen LogP) is 5.88. The highest BCUT2D eigenvalue weighted by Gasteiger charge is 2.35. The van der Waals surface area contributed by atoms with Crippen LogP contribution in [0.4, 0.5) is 8.78 Å². The van der Waals surface area contributed by atoms with Gasteiger partial charge >= 0.3 is 6.11 Å². The molecule has 1 saturated carbocycles. The summed E-state index contributed by atoms with van der Waals surface area (Å²) in [5.74, 6) is 0.651. The van der Waals surface area contributed by atoms with E-state index in [0.29, 0.717) is 5.92 Å². The minimum atomic E-state index is -3.02. The van der Waals surface area contributed by atoms with E-state index in [-0.39, 0.29) is 18.9 Å². The van der Waals surface area contributed by atoms with Gasteiger partial charge in [0.2, 0.25) is 0 Å². The number of benzene rings is 1. The van der Waals surface area contributed by atoms with Gasteiger partial charge in [0.05, 0.1) is 6.61 Å². The van der Waals surface area contributed by atoms with Crippen LogP contribution in [0.3, 0.4) is 0 Å². The monoisotopic (exact) mass is 308 g/mol. The topological polar surface area (TPSA) is 9.23 Å². The molecule has 122 valence electrons. The maximum Gasteiger partial charge on any atom is 0.356 e. The minimum absolute atomic E-state index is 0.0266. The first-order chi connectivity index (χ1) is 10.5. The molecule has 1 aromatic carbocycles. The molecule has 0 aliphatic heterocycles. The van der Waals surface area contributed by atoms with E-state index in [1.807, 2.05) is 38.1 Å². The molecule has 0 amide bonds. The number of allylic oxidation sites excluding steroid dienone is 2. The van der Waals surface area contributed by atoms with Crippen molar-refractivity contribution in [3.8, 4) is 0 Å². The average molecular weight is 308 g/mol. The first kappa shape index (κ1) is 17.1. The average Bonchev–Trinajstić information content (AvgIpc) is 2.49. The molecule has 2 rings (SSSR count). The zero-order valence-electron chi connectivity index (χ0n) is 13.5. The first-order valence-electron chi connectivity index (χ1n) is 8.18. The summed E-state index contributed by atoms with van der Waals surface area (Å²) in [6.45, 7) is 3.96. The zero-order chi connectivity index (χ0) is 16.0. The van der Waals surface area contributed by atoms with Crippen LogP contribution in [-0.4, -0.2) is 6.11 Å². The van der Waals surface area contributed by atoms with Gasteiger partial charge in [-0.1, -0.05) is 42.0 Å². The molecule has 0 atom stereocenters. The van der Waals surface area contributed by atoms with Gasteiger partial charge in [0.15, 0.2) is 0 Å². The Kier molecular flexibility index (Phi) is 6.13. The van der Waals surface area contributed by atoms with Crippen LogP contribution in [0.1, 0.15) is 50.2 Å². The summed E-state index contributed by atoms with van der Waals surface area (Å²) in [6, 6.07) is 7.51. The first-order valence-corrected chi connectivity index (χ1v) is 8.18. The molecule has 1 aromatic rings. The molecule has 1 aliphatic rings. The molecule has 0 bridgehead atoms. The van der Waals surface area contributed by atoms with Crippen molar-refractivity contribution in [3.05, 3.63) is 47.5 Å². The van der Waals surface area contributed by atoms with E-state index in [0.717, 1.165) is 36.8 Å². The smallest absolute Gasteiger partial charge is 0.316 e. The van der Waals surface area contributed by atoms with Crippen LogP contribution in [0.15, 0.2) is 36.4 Å². The molecule has 0 saturated heterocycles. The number of ether oxygens (including phenoxy) is 1. The van der Waals surface area contributed by atoms with E-state index in [1.54, 1.807) is 0 Å². The van der Waals surface area contributed by atoms with E-state index in [9.17, 15) is 8.78 Å². The van der Waals surface area contributed by atoms with Gasteiger partial charge in [0.1, 0.15) is 0 Å². The quantitative estimate of drug-likeness (QED) is 0.596. The third kappa shape index (κ3) is 5.53. The third-order valence-corrected chi connectivity index (χ3v) is 4.45. The minimum Gasteiger partial charge on any atom is -0.316 e. The normalized spacial score (nSPS) is 23.1. The van der Waals surface area contributed by atoms with Crippen LogP contribution in [0, 0.1) is 18.8 Å². The zero-order valence-corrected chi connectivity index (χ0v) is 13.5. The Morgan fingerprint density at radius 2 is 1.77 bits per heavy atom. The van der Waals surface area contributed by atoms with Crippen LogP contribution < -0.4 is 0 Å². The van der Waals surface area contributed by atoms with Gasteiger partial charge in [-0.05, 0) is 56.9 Å². The van der Waals surface area contributed by atoms with Crippen LogP contribution in [-0.2, 0) is 11.3 Å². The summed E-state index contributed by atoms with van der Waals surface area (Å²) in [5, 5.41) is 0. The van der Waals surface area contributed by atoms with E-state index < -0.39 is 6.11 Å². The lowest BCUT2D eigenvalue weighted by Gasteiger charge is -2.29. The fourth-order valence-electron chi connectivity index (χ4n) is 3.13. The fourth-order valence-corrected chi connectivity index (χ4v) is 3.13. The molecular formula is C19H26F2O. The van der Waals surface area contributed by atoms with E-state index in [2.05, 4.69) is 12.2 Å². The second kappa shape index (κ2) is 7.87. The molecule has 0 heterocycles. The molecule has 0 unspecified atom stereocenters. The summed E-state index contributed by atoms with van der Waals surface area (Å²) in [6.07, 6.45) is 4.86. The molecule has 0 aromatic heterocycles. The van der Waals surface area contributed by atoms with Gasteiger partial charge in [0.25, 0.3) is 0 Å². The van der Waals surface area contributed by atoms with Crippen molar-refractivity contribution in [2.45, 2.75) is 58.7 Å². The van der Waals surface area contributed by atoms with Gasteiger partial charge < -0.3 is 4.74 Å². The Hall–Kier alpha value is -1.22. The van der Waals surface area contributed by atoms with Gasteiger partial charge in [-0.3, -0.25) is 0 Å². The molecular weight excluding hydrogens is 282 g/mol. The van der Waals surface area contributed by atoms with Crippen LogP contribution in [0.2, 0.25) is 0 Å². The van der Waals surface area contributed by atoms with E-state index in [1.165, 1.54) is 0 Å². The highest BCUT2D eigenvalue weighted by Crippen LogP contribution is 2.37. The maximum absolute atomic E-state index is 14.0. The molecule has 22 heavy (non-hydrogen) atoms. The Morgan fingerprint density at radius 3 is 2.36 bits per heavy atom. The van der Waals surface area contributed by atoms with Gasteiger partial charge in [-0.25, -0.2) is 0 Å². The SMILES string of the molecule is C/C=C/[C@H]1CC[C@H](CC(F)(F)OCc2ccc(C)cc2)CC1. The Bertz CT molecular complexity index is 471.